The van der Waals surface area contributed by atoms with Crippen molar-refractivity contribution >= 4 is 11.8 Å². The molecule has 0 aliphatic rings. The largest absolute Gasteiger partial charge is 0.453 e. The van der Waals surface area contributed by atoms with Crippen molar-refractivity contribution in [3.05, 3.63) is 29.6 Å². The van der Waals surface area contributed by atoms with Gasteiger partial charge in [-0.05, 0) is 18.6 Å². The third-order valence-electron chi connectivity index (χ3n) is 1.61. The van der Waals surface area contributed by atoms with Crippen molar-refractivity contribution in [3.8, 4) is 0 Å². The first-order valence-corrected chi connectivity index (χ1v) is 3.75. The quantitative estimate of drug-likeness (QED) is 0.725. The first-order chi connectivity index (χ1) is 6.15. The lowest BCUT2D eigenvalue weighted by molar-refractivity contribution is 0.187. The van der Waals surface area contributed by atoms with Gasteiger partial charge in [0.25, 0.3) is 0 Å². The molecule has 0 aliphatic heterocycles. The van der Waals surface area contributed by atoms with Gasteiger partial charge < -0.3 is 4.74 Å². The summed E-state index contributed by atoms with van der Waals surface area (Å²) in [7, 11) is 1.23. The minimum Gasteiger partial charge on any atom is -0.453 e. The molecule has 3 nitrogen and oxygen atoms in total. The zero-order valence-corrected chi connectivity index (χ0v) is 7.43. The lowest BCUT2D eigenvalue weighted by Crippen LogP contribution is -2.12. The molecule has 0 heterocycles. The van der Waals surface area contributed by atoms with Crippen LogP contribution in [0.1, 0.15) is 5.56 Å². The highest BCUT2D eigenvalue weighted by Crippen LogP contribution is 2.16. The van der Waals surface area contributed by atoms with Crippen LogP contribution in [0.25, 0.3) is 0 Å². The molecule has 0 saturated heterocycles. The zero-order valence-electron chi connectivity index (χ0n) is 7.43. The van der Waals surface area contributed by atoms with Crippen molar-refractivity contribution in [2.45, 2.75) is 6.92 Å². The molecule has 70 valence electrons. The summed E-state index contributed by atoms with van der Waals surface area (Å²) in [5.74, 6) is -0.437. The molecule has 4 heteroatoms. The van der Waals surface area contributed by atoms with Crippen molar-refractivity contribution < 1.29 is 13.9 Å². The van der Waals surface area contributed by atoms with Gasteiger partial charge in [0.15, 0.2) is 0 Å². The van der Waals surface area contributed by atoms with Gasteiger partial charge in [0.05, 0.1) is 12.8 Å². The average Bonchev–Trinajstić information content (AvgIpc) is 2.13. The number of halogens is 1. The number of amides is 1. The number of nitrogens with one attached hydrogen (secondary N) is 1. The number of methoxy groups -OCH3 is 1. The number of aryl methyl sites for hydroxylation is 1. The fourth-order valence-corrected chi connectivity index (χ4v) is 0.905. The van der Waals surface area contributed by atoms with E-state index >= 15 is 0 Å². The number of ether oxygens (including phenoxy) is 1. The van der Waals surface area contributed by atoms with Crippen LogP contribution < -0.4 is 5.32 Å². The van der Waals surface area contributed by atoms with Gasteiger partial charge >= 0.3 is 6.09 Å². The Morgan fingerprint density at radius 2 is 2.23 bits per heavy atom. The second-order valence-electron chi connectivity index (χ2n) is 2.55. The maximum atomic E-state index is 13.2. The van der Waals surface area contributed by atoms with E-state index in [1.165, 1.54) is 13.2 Å². The molecule has 0 spiro atoms. The van der Waals surface area contributed by atoms with Crippen molar-refractivity contribution in [1.29, 1.82) is 0 Å². The van der Waals surface area contributed by atoms with E-state index < -0.39 is 11.9 Å². The standard InChI is InChI=1S/C9H10FNO2/c1-6-4-3-5-7(8(6)10)11-9(12)13-2/h3-5H,1-2H3,(H,11,12). The van der Waals surface area contributed by atoms with E-state index in [2.05, 4.69) is 10.1 Å². The highest BCUT2D eigenvalue weighted by atomic mass is 19.1. The normalized spacial score (nSPS) is 9.46. The van der Waals surface area contributed by atoms with Gasteiger partial charge in [-0.25, -0.2) is 9.18 Å². The Morgan fingerprint density at radius 1 is 1.54 bits per heavy atom. The highest BCUT2D eigenvalue weighted by molar-refractivity contribution is 5.84. The maximum Gasteiger partial charge on any atom is 0.411 e. The summed E-state index contributed by atoms with van der Waals surface area (Å²) in [5, 5.41) is 2.26. The summed E-state index contributed by atoms with van der Waals surface area (Å²) in [6, 6.07) is 4.75. The van der Waals surface area contributed by atoms with Gasteiger partial charge in [0.2, 0.25) is 0 Å². The molecular weight excluding hydrogens is 173 g/mol. The molecular formula is C9H10FNO2. The van der Waals surface area contributed by atoms with E-state index in [4.69, 9.17) is 0 Å². The van der Waals surface area contributed by atoms with E-state index in [1.807, 2.05) is 0 Å². The Balaban J connectivity index is 2.89. The van der Waals surface area contributed by atoms with Crippen molar-refractivity contribution in [3.63, 3.8) is 0 Å². The van der Waals surface area contributed by atoms with Crippen LogP contribution in [0.3, 0.4) is 0 Å². The third-order valence-corrected chi connectivity index (χ3v) is 1.61. The Kier molecular flexibility index (Phi) is 2.84. The average molecular weight is 183 g/mol. The van der Waals surface area contributed by atoms with Crippen LogP contribution in [0.2, 0.25) is 0 Å². The molecule has 0 saturated carbocycles. The zero-order chi connectivity index (χ0) is 9.84. The van der Waals surface area contributed by atoms with Crippen LogP contribution in [0, 0.1) is 12.7 Å². The maximum absolute atomic E-state index is 13.2. The lowest BCUT2D eigenvalue weighted by Gasteiger charge is -2.05. The summed E-state index contributed by atoms with van der Waals surface area (Å²) < 4.78 is 17.6. The monoisotopic (exact) mass is 183 g/mol. The van der Waals surface area contributed by atoms with Gasteiger partial charge in [0.1, 0.15) is 5.82 Å². The summed E-state index contributed by atoms with van der Waals surface area (Å²) in [4.78, 5) is 10.7. The van der Waals surface area contributed by atoms with E-state index in [0.717, 1.165) is 0 Å². The SMILES string of the molecule is COC(=O)Nc1cccc(C)c1F. The summed E-state index contributed by atoms with van der Waals surface area (Å²) in [6.07, 6.45) is -0.676. The van der Waals surface area contributed by atoms with Crippen molar-refractivity contribution in [2.24, 2.45) is 0 Å². The number of hydrogen-bond acceptors (Lipinski definition) is 2. The molecule has 0 aromatic heterocycles. The van der Waals surface area contributed by atoms with E-state index in [0.29, 0.717) is 5.56 Å². The van der Waals surface area contributed by atoms with Gasteiger partial charge in [-0.3, -0.25) is 5.32 Å². The Bertz CT molecular complexity index is 325. The molecule has 1 amide bonds. The molecule has 0 fully saturated rings. The Hall–Kier alpha value is -1.58. The minimum absolute atomic E-state index is 0.131. The second kappa shape index (κ2) is 3.89. The summed E-state index contributed by atoms with van der Waals surface area (Å²) in [6.45, 7) is 1.62. The number of hydrogen-bond donors (Lipinski definition) is 1. The van der Waals surface area contributed by atoms with Crippen LogP contribution >= 0.6 is 0 Å². The van der Waals surface area contributed by atoms with E-state index in [-0.39, 0.29) is 5.69 Å². The van der Waals surface area contributed by atoms with Gasteiger partial charge in [-0.1, -0.05) is 12.1 Å². The first kappa shape index (κ1) is 9.51. The smallest absolute Gasteiger partial charge is 0.411 e. The molecule has 0 unspecified atom stereocenters. The molecule has 1 rings (SSSR count). The number of benzene rings is 1. The molecule has 1 N–H and O–H groups in total. The molecule has 1 aromatic rings. The predicted octanol–water partition coefficient (Wildman–Crippen LogP) is 2.31. The van der Waals surface area contributed by atoms with Crippen LogP contribution in [0.15, 0.2) is 18.2 Å². The van der Waals surface area contributed by atoms with Crippen LogP contribution in [0.4, 0.5) is 14.9 Å². The van der Waals surface area contributed by atoms with Crippen LogP contribution in [-0.4, -0.2) is 13.2 Å². The highest BCUT2D eigenvalue weighted by Gasteiger charge is 2.07. The van der Waals surface area contributed by atoms with Crippen LogP contribution in [-0.2, 0) is 4.74 Å². The molecule has 0 bridgehead atoms. The molecule has 1 aromatic carbocycles. The molecule has 13 heavy (non-hydrogen) atoms. The minimum atomic E-state index is -0.676. The van der Waals surface area contributed by atoms with Gasteiger partial charge in [0, 0.05) is 0 Å². The fourth-order valence-electron chi connectivity index (χ4n) is 0.905. The fraction of sp³-hybridized carbons (Fsp3) is 0.222. The molecule has 0 radical (unpaired) electrons. The van der Waals surface area contributed by atoms with Crippen LogP contribution in [0.5, 0.6) is 0 Å². The van der Waals surface area contributed by atoms with Gasteiger partial charge in [-0.15, -0.1) is 0 Å². The Morgan fingerprint density at radius 3 is 2.85 bits per heavy atom. The van der Waals surface area contributed by atoms with E-state index in [1.54, 1.807) is 19.1 Å². The lowest BCUT2D eigenvalue weighted by atomic mass is 10.2. The Labute approximate surface area is 75.5 Å². The number of carbonyl (C=O) groups excluding carboxylic acids is 1. The summed E-state index contributed by atoms with van der Waals surface area (Å²) >= 11 is 0. The van der Waals surface area contributed by atoms with E-state index in [9.17, 15) is 9.18 Å². The van der Waals surface area contributed by atoms with Crippen molar-refractivity contribution in [2.75, 3.05) is 12.4 Å². The second-order valence-corrected chi connectivity index (χ2v) is 2.55. The number of rotatable bonds is 1. The first-order valence-electron chi connectivity index (χ1n) is 3.75. The molecule has 0 atom stereocenters. The molecule has 0 aliphatic carbocycles. The van der Waals surface area contributed by atoms with Crippen molar-refractivity contribution in [1.82, 2.24) is 0 Å². The predicted molar refractivity (Wildman–Crippen MR) is 47.2 cm³/mol. The number of anilines is 1. The summed E-state index contributed by atoms with van der Waals surface area (Å²) in [5.41, 5.74) is 0.612. The third kappa shape index (κ3) is 2.18. The number of carbonyl (C=O) groups is 1. The topological polar surface area (TPSA) is 38.3 Å². The van der Waals surface area contributed by atoms with Gasteiger partial charge in [-0.2, -0.15) is 0 Å².